The van der Waals surface area contributed by atoms with Gasteiger partial charge in [0.05, 0.1) is 7.11 Å². The third-order valence-electron chi connectivity index (χ3n) is 4.16. The van der Waals surface area contributed by atoms with Crippen molar-refractivity contribution < 1.29 is 4.74 Å². The highest BCUT2D eigenvalue weighted by Gasteiger charge is 2.03. The molecule has 0 saturated carbocycles. The monoisotopic (exact) mass is 382 g/mol. The van der Waals surface area contributed by atoms with Crippen LogP contribution in [-0.4, -0.2) is 30.2 Å². The molecule has 0 amide bonds. The molecule has 5 nitrogen and oxygen atoms in total. The summed E-state index contributed by atoms with van der Waals surface area (Å²) in [5.74, 6) is 2.33. The quantitative estimate of drug-likeness (QED) is 0.572. The summed E-state index contributed by atoms with van der Waals surface area (Å²) >= 11 is 5.91. The molecule has 2 N–H and O–H groups in total. The lowest BCUT2D eigenvalue weighted by Gasteiger charge is -2.10. The molecule has 0 aliphatic rings. The van der Waals surface area contributed by atoms with E-state index in [4.69, 9.17) is 16.3 Å². The Morgan fingerprint density at radius 1 is 0.926 bits per heavy atom. The SMILES string of the molecule is COc1ccccc1CCNc1ccnc(NCCc2ccc(Cl)cc2)n1. The number of nitrogens with one attached hydrogen (secondary N) is 2. The highest BCUT2D eigenvalue weighted by molar-refractivity contribution is 6.30. The first kappa shape index (κ1) is 19.0. The predicted octanol–water partition coefficient (Wildman–Crippen LogP) is 4.45. The first-order valence-electron chi connectivity index (χ1n) is 8.92. The molecule has 1 heterocycles. The minimum atomic E-state index is 0.617. The summed E-state index contributed by atoms with van der Waals surface area (Å²) in [5.41, 5.74) is 2.39. The Hall–Kier alpha value is -2.79. The molecule has 0 atom stereocenters. The molecule has 0 saturated heterocycles. The number of aromatic nitrogens is 2. The van der Waals surface area contributed by atoms with Gasteiger partial charge in [-0.05, 0) is 48.2 Å². The molecular weight excluding hydrogens is 360 g/mol. The fourth-order valence-corrected chi connectivity index (χ4v) is 2.87. The lowest BCUT2D eigenvalue weighted by molar-refractivity contribution is 0.410. The molecule has 0 fully saturated rings. The third-order valence-corrected chi connectivity index (χ3v) is 4.41. The number of anilines is 2. The van der Waals surface area contributed by atoms with Crippen LogP contribution >= 0.6 is 11.6 Å². The lowest BCUT2D eigenvalue weighted by atomic mass is 10.1. The number of methoxy groups -OCH3 is 1. The standard InChI is InChI=1S/C21H23ClN4O/c1-27-19-5-3-2-4-17(19)11-14-23-20-12-15-25-21(26-20)24-13-10-16-6-8-18(22)9-7-16/h2-9,12,15H,10-11,13-14H2,1H3,(H2,23,24,25,26). The second-order valence-electron chi connectivity index (χ2n) is 6.06. The van der Waals surface area contributed by atoms with Gasteiger partial charge in [0.1, 0.15) is 11.6 Å². The van der Waals surface area contributed by atoms with E-state index in [1.165, 1.54) is 11.1 Å². The van der Waals surface area contributed by atoms with Crippen molar-refractivity contribution in [3.8, 4) is 5.75 Å². The van der Waals surface area contributed by atoms with Crippen LogP contribution in [0.2, 0.25) is 5.02 Å². The van der Waals surface area contributed by atoms with E-state index in [0.29, 0.717) is 5.95 Å². The van der Waals surface area contributed by atoms with E-state index < -0.39 is 0 Å². The Labute approximate surface area is 164 Å². The van der Waals surface area contributed by atoms with Gasteiger partial charge in [-0.3, -0.25) is 0 Å². The van der Waals surface area contributed by atoms with Crippen molar-refractivity contribution in [2.24, 2.45) is 0 Å². The maximum Gasteiger partial charge on any atom is 0.224 e. The van der Waals surface area contributed by atoms with Gasteiger partial charge < -0.3 is 15.4 Å². The van der Waals surface area contributed by atoms with Crippen molar-refractivity contribution in [2.75, 3.05) is 30.8 Å². The number of nitrogens with zero attached hydrogens (tertiary/aromatic N) is 2. The number of halogens is 1. The second kappa shape index (κ2) is 9.78. The van der Waals surface area contributed by atoms with Crippen molar-refractivity contribution >= 4 is 23.4 Å². The second-order valence-corrected chi connectivity index (χ2v) is 6.49. The van der Waals surface area contributed by atoms with Crippen LogP contribution in [0.5, 0.6) is 5.75 Å². The Morgan fingerprint density at radius 3 is 2.52 bits per heavy atom. The molecule has 0 spiro atoms. The summed E-state index contributed by atoms with van der Waals surface area (Å²) in [6.45, 7) is 1.52. The van der Waals surface area contributed by atoms with Crippen molar-refractivity contribution in [3.63, 3.8) is 0 Å². The number of hydrogen-bond acceptors (Lipinski definition) is 5. The van der Waals surface area contributed by atoms with Crippen LogP contribution in [0, 0.1) is 0 Å². The molecule has 140 valence electrons. The Bertz CT molecular complexity index is 855. The Kier molecular flexibility index (Phi) is 6.88. The number of ether oxygens (including phenoxy) is 1. The van der Waals surface area contributed by atoms with E-state index >= 15 is 0 Å². The van der Waals surface area contributed by atoms with E-state index in [2.05, 4.69) is 26.7 Å². The van der Waals surface area contributed by atoms with Gasteiger partial charge in [-0.1, -0.05) is 41.9 Å². The summed E-state index contributed by atoms with van der Waals surface area (Å²) in [6, 6.07) is 17.8. The van der Waals surface area contributed by atoms with E-state index in [-0.39, 0.29) is 0 Å². The Balaban J connectivity index is 1.47. The Morgan fingerprint density at radius 2 is 1.70 bits per heavy atom. The molecular formula is C21H23ClN4O. The van der Waals surface area contributed by atoms with E-state index in [1.807, 2.05) is 48.5 Å². The van der Waals surface area contributed by atoms with Crippen LogP contribution in [-0.2, 0) is 12.8 Å². The minimum absolute atomic E-state index is 0.617. The zero-order valence-corrected chi connectivity index (χ0v) is 16.0. The average Bonchev–Trinajstić information content (AvgIpc) is 2.70. The van der Waals surface area contributed by atoms with Crippen LogP contribution in [0.1, 0.15) is 11.1 Å². The first-order valence-corrected chi connectivity index (χ1v) is 9.29. The van der Waals surface area contributed by atoms with Gasteiger partial charge >= 0.3 is 0 Å². The summed E-state index contributed by atoms with van der Waals surface area (Å²) in [5, 5.41) is 7.35. The van der Waals surface area contributed by atoms with Crippen LogP contribution < -0.4 is 15.4 Å². The summed E-state index contributed by atoms with van der Waals surface area (Å²) in [7, 11) is 1.69. The first-order chi connectivity index (χ1) is 13.2. The van der Waals surface area contributed by atoms with Crippen LogP contribution in [0.3, 0.4) is 0 Å². The molecule has 0 bridgehead atoms. The largest absolute Gasteiger partial charge is 0.496 e. The number of hydrogen-bond donors (Lipinski definition) is 2. The molecule has 3 rings (SSSR count). The molecule has 27 heavy (non-hydrogen) atoms. The van der Waals surface area contributed by atoms with Crippen molar-refractivity contribution in [1.29, 1.82) is 0 Å². The zero-order chi connectivity index (χ0) is 18.9. The van der Waals surface area contributed by atoms with Gasteiger partial charge in [-0.25, -0.2) is 4.98 Å². The van der Waals surface area contributed by atoms with Crippen molar-refractivity contribution in [3.05, 3.63) is 76.9 Å². The molecule has 2 aromatic carbocycles. The summed E-state index contributed by atoms with van der Waals surface area (Å²) in [4.78, 5) is 8.78. The van der Waals surface area contributed by atoms with E-state index in [9.17, 15) is 0 Å². The van der Waals surface area contributed by atoms with Gasteiger partial charge in [0.15, 0.2) is 0 Å². The summed E-state index contributed by atoms with van der Waals surface area (Å²) < 4.78 is 5.38. The van der Waals surface area contributed by atoms with Crippen molar-refractivity contribution in [2.45, 2.75) is 12.8 Å². The number of para-hydroxylation sites is 1. The fourth-order valence-electron chi connectivity index (χ4n) is 2.75. The molecule has 0 unspecified atom stereocenters. The predicted molar refractivity (Wildman–Crippen MR) is 111 cm³/mol. The maximum absolute atomic E-state index is 5.91. The van der Waals surface area contributed by atoms with Crippen molar-refractivity contribution in [1.82, 2.24) is 9.97 Å². The molecule has 6 heteroatoms. The topological polar surface area (TPSA) is 59.1 Å². The molecule has 0 radical (unpaired) electrons. The van der Waals surface area contributed by atoms with Gasteiger partial charge in [-0.15, -0.1) is 0 Å². The van der Waals surface area contributed by atoms with E-state index in [0.717, 1.165) is 42.5 Å². The molecule has 0 aliphatic heterocycles. The van der Waals surface area contributed by atoms with Gasteiger partial charge in [0.2, 0.25) is 5.95 Å². The van der Waals surface area contributed by atoms with Crippen LogP contribution in [0.4, 0.5) is 11.8 Å². The maximum atomic E-state index is 5.91. The molecule has 0 aliphatic carbocycles. The number of rotatable bonds is 9. The summed E-state index contributed by atoms with van der Waals surface area (Å²) in [6.07, 6.45) is 3.49. The van der Waals surface area contributed by atoms with Crippen LogP contribution in [0.15, 0.2) is 60.8 Å². The van der Waals surface area contributed by atoms with Gasteiger partial charge in [0.25, 0.3) is 0 Å². The minimum Gasteiger partial charge on any atom is -0.496 e. The molecule has 1 aromatic heterocycles. The van der Waals surface area contributed by atoms with Crippen LogP contribution in [0.25, 0.3) is 0 Å². The zero-order valence-electron chi connectivity index (χ0n) is 15.3. The average molecular weight is 383 g/mol. The fraction of sp³-hybridized carbons (Fsp3) is 0.238. The normalized spacial score (nSPS) is 10.4. The lowest BCUT2D eigenvalue weighted by Crippen LogP contribution is -2.11. The van der Waals surface area contributed by atoms with Gasteiger partial charge in [-0.2, -0.15) is 4.98 Å². The highest BCUT2D eigenvalue weighted by atomic mass is 35.5. The van der Waals surface area contributed by atoms with E-state index in [1.54, 1.807) is 13.3 Å². The highest BCUT2D eigenvalue weighted by Crippen LogP contribution is 2.18. The van der Waals surface area contributed by atoms with Gasteiger partial charge in [0, 0.05) is 24.3 Å². The third kappa shape index (κ3) is 5.86. The molecule has 3 aromatic rings. The smallest absolute Gasteiger partial charge is 0.224 e. The number of benzene rings is 2.